The smallest absolute Gasteiger partial charge is 0.225 e. The zero-order valence-corrected chi connectivity index (χ0v) is 17.7. The van der Waals surface area contributed by atoms with Crippen LogP contribution >= 0.6 is 0 Å². The molecule has 2 aromatic heterocycles. The molecule has 1 aliphatic rings. The van der Waals surface area contributed by atoms with E-state index in [2.05, 4.69) is 35.1 Å². The van der Waals surface area contributed by atoms with E-state index in [1.807, 2.05) is 55.6 Å². The summed E-state index contributed by atoms with van der Waals surface area (Å²) in [5, 5.41) is 3.45. The highest BCUT2D eigenvalue weighted by molar-refractivity contribution is 5.80. The molecule has 1 aromatic carbocycles. The van der Waals surface area contributed by atoms with Crippen LogP contribution in [-0.2, 0) is 13.2 Å². The maximum atomic E-state index is 5.84. The molecule has 1 saturated heterocycles. The summed E-state index contributed by atoms with van der Waals surface area (Å²) < 4.78 is 5.84. The van der Waals surface area contributed by atoms with E-state index in [-0.39, 0.29) is 0 Å². The van der Waals surface area contributed by atoms with Gasteiger partial charge in [0.2, 0.25) is 11.8 Å². The van der Waals surface area contributed by atoms with Crippen molar-refractivity contribution in [3.8, 4) is 5.88 Å². The van der Waals surface area contributed by atoms with E-state index in [1.165, 1.54) is 0 Å². The van der Waals surface area contributed by atoms with Gasteiger partial charge in [-0.1, -0.05) is 30.3 Å². The fourth-order valence-electron chi connectivity index (χ4n) is 3.46. The van der Waals surface area contributed by atoms with Gasteiger partial charge >= 0.3 is 0 Å². The quantitative estimate of drug-likeness (QED) is 0.487. The Bertz CT molecular complexity index is 973. The number of aromatic nitrogens is 3. The fourth-order valence-corrected chi connectivity index (χ4v) is 3.46. The molecule has 0 unspecified atom stereocenters. The number of rotatable bonds is 6. The van der Waals surface area contributed by atoms with E-state index >= 15 is 0 Å². The molecule has 0 bridgehead atoms. The van der Waals surface area contributed by atoms with Gasteiger partial charge in [-0.15, -0.1) is 0 Å². The van der Waals surface area contributed by atoms with Crippen LogP contribution in [0.4, 0.5) is 5.95 Å². The van der Waals surface area contributed by atoms with Crippen molar-refractivity contribution in [1.82, 2.24) is 25.2 Å². The van der Waals surface area contributed by atoms with Crippen molar-refractivity contribution in [3.63, 3.8) is 0 Å². The van der Waals surface area contributed by atoms with E-state index in [4.69, 9.17) is 4.74 Å². The third kappa shape index (κ3) is 5.69. The summed E-state index contributed by atoms with van der Waals surface area (Å²) in [5.74, 6) is 2.29. The molecule has 160 valence electrons. The number of guanidine groups is 1. The minimum Gasteiger partial charge on any atom is -0.473 e. The number of anilines is 1. The van der Waals surface area contributed by atoms with E-state index in [0.717, 1.165) is 49.2 Å². The SMILES string of the molecule is CN=C(NCc1ccnc(OCc2ccccc2)c1)N1CCN(c2ncccn2)CC1. The van der Waals surface area contributed by atoms with Gasteiger partial charge in [-0.3, -0.25) is 4.99 Å². The highest BCUT2D eigenvalue weighted by Crippen LogP contribution is 2.13. The molecule has 0 amide bonds. The second kappa shape index (κ2) is 10.4. The molecule has 31 heavy (non-hydrogen) atoms. The number of nitrogens with one attached hydrogen (secondary N) is 1. The largest absolute Gasteiger partial charge is 0.473 e. The lowest BCUT2D eigenvalue weighted by Gasteiger charge is -2.36. The molecule has 0 aliphatic carbocycles. The number of ether oxygens (including phenoxy) is 1. The molecular weight excluding hydrogens is 390 g/mol. The average molecular weight is 418 g/mol. The number of hydrogen-bond donors (Lipinski definition) is 1. The summed E-state index contributed by atoms with van der Waals surface area (Å²) in [6, 6.07) is 15.9. The second-order valence-electron chi connectivity index (χ2n) is 7.20. The maximum Gasteiger partial charge on any atom is 0.225 e. The van der Waals surface area contributed by atoms with Crippen molar-refractivity contribution in [3.05, 3.63) is 78.2 Å². The lowest BCUT2D eigenvalue weighted by atomic mass is 10.2. The number of nitrogens with zero attached hydrogens (tertiary/aromatic N) is 6. The minimum atomic E-state index is 0.502. The van der Waals surface area contributed by atoms with Gasteiger partial charge in [0.25, 0.3) is 0 Å². The molecule has 3 heterocycles. The van der Waals surface area contributed by atoms with Crippen LogP contribution in [0.1, 0.15) is 11.1 Å². The summed E-state index contributed by atoms with van der Waals surface area (Å²) in [7, 11) is 1.82. The molecule has 8 heteroatoms. The lowest BCUT2D eigenvalue weighted by Crippen LogP contribution is -2.52. The predicted octanol–water partition coefficient (Wildman–Crippen LogP) is 2.35. The Kier molecular flexibility index (Phi) is 6.89. The summed E-state index contributed by atoms with van der Waals surface area (Å²) in [6.45, 7) is 4.59. The van der Waals surface area contributed by atoms with Crippen LogP contribution in [0.5, 0.6) is 5.88 Å². The standard InChI is InChI=1S/C23H27N7O/c1-24-22(29-12-14-30(15-13-29)23-26-9-5-10-27-23)28-17-20-8-11-25-21(16-20)31-18-19-6-3-2-4-7-19/h2-11,16H,12-15,17-18H2,1H3,(H,24,28). The summed E-state index contributed by atoms with van der Waals surface area (Å²) >= 11 is 0. The monoisotopic (exact) mass is 417 g/mol. The molecule has 1 aliphatic heterocycles. The first-order chi connectivity index (χ1) is 15.3. The Morgan fingerprint density at radius 1 is 0.935 bits per heavy atom. The molecule has 0 spiro atoms. The van der Waals surface area contributed by atoms with E-state index in [1.54, 1.807) is 18.6 Å². The lowest BCUT2D eigenvalue weighted by molar-refractivity contribution is 0.293. The molecule has 1 N–H and O–H groups in total. The highest BCUT2D eigenvalue weighted by atomic mass is 16.5. The summed E-state index contributed by atoms with van der Waals surface area (Å²) in [4.78, 5) is 21.9. The molecule has 4 rings (SSSR count). The van der Waals surface area contributed by atoms with Crippen molar-refractivity contribution in [2.45, 2.75) is 13.2 Å². The topological polar surface area (TPSA) is 78.8 Å². The van der Waals surface area contributed by atoms with Gasteiger partial charge in [-0.05, 0) is 23.3 Å². The first kappa shape index (κ1) is 20.6. The fraction of sp³-hybridized carbons (Fsp3) is 0.304. The van der Waals surface area contributed by atoms with Crippen LogP contribution in [0.25, 0.3) is 0 Å². The van der Waals surface area contributed by atoms with Gasteiger partial charge in [0.1, 0.15) is 6.61 Å². The molecule has 0 saturated carbocycles. The van der Waals surface area contributed by atoms with Crippen LogP contribution in [0.15, 0.2) is 72.1 Å². The Hall–Kier alpha value is -3.68. The van der Waals surface area contributed by atoms with Crippen molar-refractivity contribution in [2.24, 2.45) is 4.99 Å². The highest BCUT2D eigenvalue weighted by Gasteiger charge is 2.21. The van der Waals surface area contributed by atoms with Crippen molar-refractivity contribution >= 4 is 11.9 Å². The van der Waals surface area contributed by atoms with Crippen LogP contribution in [0, 0.1) is 0 Å². The Balaban J connectivity index is 1.28. The van der Waals surface area contributed by atoms with Crippen LogP contribution in [0.2, 0.25) is 0 Å². The van der Waals surface area contributed by atoms with Crippen LogP contribution < -0.4 is 15.0 Å². The normalized spacial score (nSPS) is 14.4. The summed E-state index contributed by atoms with van der Waals surface area (Å²) in [6.07, 6.45) is 5.34. The Morgan fingerprint density at radius 2 is 1.71 bits per heavy atom. The van der Waals surface area contributed by atoms with Gasteiger partial charge in [-0.2, -0.15) is 0 Å². The Labute approximate surface area is 182 Å². The van der Waals surface area contributed by atoms with Gasteiger partial charge in [0.15, 0.2) is 5.96 Å². The molecule has 8 nitrogen and oxygen atoms in total. The van der Waals surface area contributed by atoms with Gasteiger partial charge in [0, 0.05) is 64.4 Å². The molecule has 0 atom stereocenters. The van der Waals surface area contributed by atoms with Crippen molar-refractivity contribution in [1.29, 1.82) is 0 Å². The maximum absolute atomic E-state index is 5.84. The van der Waals surface area contributed by atoms with Gasteiger partial charge in [-0.25, -0.2) is 15.0 Å². The molecular formula is C23H27N7O. The molecule has 1 fully saturated rings. The van der Waals surface area contributed by atoms with E-state index < -0.39 is 0 Å². The Morgan fingerprint density at radius 3 is 2.45 bits per heavy atom. The number of pyridine rings is 1. The van der Waals surface area contributed by atoms with Crippen LogP contribution in [-0.4, -0.2) is 59.0 Å². The summed E-state index contributed by atoms with van der Waals surface area (Å²) in [5.41, 5.74) is 2.21. The number of piperazine rings is 1. The number of benzene rings is 1. The van der Waals surface area contributed by atoms with Crippen LogP contribution in [0.3, 0.4) is 0 Å². The molecule has 0 radical (unpaired) electrons. The number of hydrogen-bond acceptors (Lipinski definition) is 6. The minimum absolute atomic E-state index is 0.502. The van der Waals surface area contributed by atoms with Crippen molar-refractivity contribution in [2.75, 3.05) is 38.1 Å². The third-order valence-corrected chi connectivity index (χ3v) is 5.11. The van der Waals surface area contributed by atoms with E-state index in [0.29, 0.717) is 19.0 Å². The van der Waals surface area contributed by atoms with E-state index in [9.17, 15) is 0 Å². The third-order valence-electron chi connectivity index (χ3n) is 5.11. The first-order valence-corrected chi connectivity index (χ1v) is 10.4. The first-order valence-electron chi connectivity index (χ1n) is 10.4. The predicted molar refractivity (Wildman–Crippen MR) is 121 cm³/mol. The zero-order chi connectivity index (χ0) is 21.3. The second-order valence-corrected chi connectivity index (χ2v) is 7.20. The van der Waals surface area contributed by atoms with Crippen molar-refractivity contribution < 1.29 is 4.74 Å². The zero-order valence-electron chi connectivity index (χ0n) is 17.7. The molecule has 3 aromatic rings. The van der Waals surface area contributed by atoms with Gasteiger partial charge in [0.05, 0.1) is 0 Å². The average Bonchev–Trinajstić information content (AvgIpc) is 2.85. The number of aliphatic imine (C=N–C) groups is 1. The van der Waals surface area contributed by atoms with Gasteiger partial charge < -0.3 is 19.9 Å².